The Kier molecular flexibility index (Phi) is 6.58. The van der Waals surface area contributed by atoms with Crippen LogP contribution in [0.5, 0.6) is 17.2 Å². The van der Waals surface area contributed by atoms with Crippen molar-refractivity contribution in [3.8, 4) is 17.2 Å². The van der Waals surface area contributed by atoms with Crippen molar-refractivity contribution in [3.63, 3.8) is 0 Å². The number of carbonyl (C=O) groups is 1. The number of ether oxygens (including phenoxy) is 3. The van der Waals surface area contributed by atoms with Crippen LogP contribution in [0.15, 0.2) is 58.3 Å². The number of amides is 1. The van der Waals surface area contributed by atoms with E-state index in [1.807, 2.05) is 30.3 Å². The Morgan fingerprint density at radius 2 is 1.63 bits per heavy atom. The highest BCUT2D eigenvalue weighted by atomic mass is 16.5. The summed E-state index contributed by atoms with van der Waals surface area (Å²) in [6.45, 7) is -0.285. The number of carbonyl (C=O) groups excluding carboxylic acids is 1. The van der Waals surface area contributed by atoms with Crippen LogP contribution in [-0.2, 0) is 24.9 Å². The van der Waals surface area contributed by atoms with Crippen molar-refractivity contribution < 1.29 is 19.0 Å². The molecule has 1 amide bonds. The third-order valence-electron chi connectivity index (χ3n) is 5.44. The third-order valence-corrected chi connectivity index (χ3v) is 5.44. The second-order valence-corrected chi connectivity index (χ2v) is 7.74. The summed E-state index contributed by atoms with van der Waals surface area (Å²) in [6.07, 6.45) is 1.54. The maximum Gasteiger partial charge on any atom is 0.332 e. The third kappa shape index (κ3) is 4.60. The fraction of sp³-hybridized carbons (Fsp3) is 0.250. The predicted molar refractivity (Wildman–Crippen MR) is 130 cm³/mol. The van der Waals surface area contributed by atoms with Crippen LogP contribution < -0.4 is 30.8 Å². The first kappa shape index (κ1) is 23.6. The van der Waals surface area contributed by atoms with E-state index < -0.39 is 17.2 Å². The zero-order valence-electron chi connectivity index (χ0n) is 19.8. The van der Waals surface area contributed by atoms with Crippen LogP contribution in [-0.4, -0.2) is 46.2 Å². The first-order valence-corrected chi connectivity index (χ1v) is 10.7. The van der Waals surface area contributed by atoms with E-state index in [9.17, 15) is 14.4 Å². The lowest BCUT2D eigenvalue weighted by molar-refractivity contribution is -0.116. The summed E-state index contributed by atoms with van der Waals surface area (Å²) in [5.41, 5.74) is 0.401. The molecule has 0 radical (unpaired) electrons. The Bertz CT molecular complexity index is 1480. The number of nitrogens with zero attached hydrogens (tertiary/aromatic N) is 4. The van der Waals surface area contributed by atoms with Crippen LogP contribution in [0.25, 0.3) is 11.0 Å². The fourth-order valence-corrected chi connectivity index (χ4v) is 3.84. The highest BCUT2D eigenvalue weighted by molar-refractivity contribution is 5.92. The molecule has 0 saturated carbocycles. The van der Waals surface area contributed by atoms with E-state index in [-0.39, 0.29) is 24.1 Å². The van der Waals surface area contributed by atoms with Gasteiger partial charge in [-0.15, -0.1) is 0 Å². The first-order valence-electron chi connectivity index (χ1n) is 10.7. The van der Waals surface area contributed by atoms with Crippen LogP contribution in [0, 0.1) is 0 Å². The Hall–Kier alpha value is -4.54. The van der Waals surface area contributed by atoms with Crippen molar-refractivity contribution in [2.45, 2.75) is 13.1 Å². The molecule has 0 fully saturated rings. The SMILES string of the molecule is COc1cc(NC(=O)Cn2c(=O)n(Cc3ccccc3)c(=O)c3nn(C)cc32)cc(OC)c1OC. The van der Waals surface area contributed by atoms with E-state index in [0.29, 0.717) is 22.9 Å². The van der Waals surface area contributed by atoms with Gasteiger partial charge in [0.1, 0.15) is 6.54 Å². The standard InChI is InChI=1S/C24H25N5O6/c1-27-13-17-21(26-27)23(31)29(12-15-8-6-5-7-9-15)24(32)28(17)14-20(30)25-16-10-18(33-2)22(35-4)19(11-16)34-3/h5-11,13H,12,14H2,1-4H3,(H,25,30). The molecule has 0 unspecified atom stereocenters. The average Bonchev–Trinajstić information content (AvgIpc) is 3.26. The molecule has 11 heteroatoms. The monoisotopic (exact) mass is 479 g/mol. The molecule has 182 valence electrons. The molecule has 0 aliphatic rings. The van der Waals surface area contributed by atoms with E-state index in [4.69, 9.17) is 14.2 Å². The molecule has 11 nitrogen and oxygen atoms in total. The molecule has 0 saturated heterocycles. The summed E-state index contributed by atoms with van der Waals surface area (Å²) in [5.74, 6) is 0.626. The van der Waals surface area contributed by atoms with E-state index in [2.05, 4.69) is 10.4 Å². The maximum absolute atomic E-state index is 13.3. The molecule has 0 spiro atoms. The maximum atomic E-state index is 13.3. The first-order chi connectivity index (χ1) is 16.9. The number of nitrogens with one attached hydrogen (secondary N) is 1. The summed E-state index contributed by atoms with van der Waals surface area (Å²) in [7, 11) is 6.06. The number of aryl methyl sites for hydroxylation is 1. The van der Waals surface area contributed by atoms with Gasteiger partial charge in [0.2, 0.25) is 11.7 Å². The average molecular weight is 479 g/mol. The molecule has 0 aliphatic carbocycles. The molecule has 1 N–H and O–H groups in total. The van der Waals surface area contributed by atoms with E-state index in [1.54, 1.807) is 19.2 Å². The topological polar surface area (TPSA) is 119 Å². The van der Waals surface area contributed by atoms with Gasteiger partial charge in [0, 0.05) is 31.1 Å². The number of aromatic nitrogens is 4. The van der Waals surface area contributed by atoms with Crippen molar-refractivity contribution in [2.24, 2.45) is 7.05 Å². The van der Waals surface area contributed by atoms with Crippen molar-refractivity contribution >= 4 is 22.6 Å². The van der Waals surface area contributed by atoms with Gasteiger partial charge < -0.3 is 19.5 Å². The summed E-state index contributed by atoms with van der Waals surface area (Å²) in [4.78, 5) is 39.4. The van der Waals surface area contributed by atoms with E-state index >= 15 is 0 Å². The Labute approximate surface area is 200 Å². The molecule has 35 heavy (non-hydrogen) atoms. The zero-order valence-corrected chi connectivity index (χ0v) is 19.8. The molecule has 2 aromatic carbocycles. The lowest BCUT2D eigenvalue weighted by Gasteiger charge is -2.15. The van der Waals surface area contributed by atoms with Gasteiger partial charge in [0.15, 0.2) is 17.0 Å². The quantitative estimate of drug-likeness (QED) is 0.408. The number of methoxy groups -OCH3 is 3. The normalized spacial score (nSPS) is 10.9. The highest BCUT2D eigenvalue weighted by Crippen LogP contribution is 2.39. The predicted octanol–water partition coefficient (Wildman–Crippen LogP) is 1.61. The van der Waals surface area contributed by atoms with Crippen LogP contribution in [0.4, 0.5) is 5.69 Å². The number of rotatable bonds is 8. The summed E-state index contributed by atoms with van der Waals surface area (Å²) in [5, 5.41) is 6.96. The highest BCUT2D eigenvalue weighted by Gasteiger charge is 2.19. The van der Waals surface area contributed by atoms with Crippen LogP contribution in [0.1, 0.15) is 5.56 Å². The van der Waals surface area contributed by atoms with Gasteiger partial charge in [0.25, 0.3) is 5.56 Å². The lowest BCUT2D eigenvalue weighted by Crippen LogP contribution is -2.41. The van der Waals surface area contributed by atoms with Crippen molar-refractivity contribution in [2.75, 3.05) is 26.6 Å². The van der Waals surface area contributed by atoms with E-state index in [0.717, 1.165) is 10.1 Å². The molecule has 2 aromatic heterocycles. The van der Waals surface area contributed by atoms with Crippen molar-refractivity contribution in [3.05, 3.63) is 75.1 Å². The smallest absolute Gasteiger partial charge is 0.332 e. The van der Waals surface area contributed by atoms with Crippen molar-refractivity contribution in [1.82, 2.24) is 18.9 Å². The molecule has 4 aromatic rings. The van der Waals surface area contributed by atoms with Crippen LogP contribution in [0.3, 0.4) is 0 Å². The number of fused-ring (bicyclic) bond motifs is 1. The van der Waals surface area contributed by atoms with E-state index in [1.165, 1.54) is 36.8 Å². The summed E-state index contributed by atoms with van der Waals surface area (Å²) in [6, 6.07) is 12.3. The molecule has 0 bridgehead atoms. The van der Waals surface area contributed by atoms with Gasteiger partial charge in [-0.1, -0.05) is 30.3 Å². The summed E-state index contributed by atoms with van der Waals surface area (Å²) >= 11 is 0. The van der Waals surface area contributed by atoms with Gasteiger partial charge in [-0.05, 0) is 5.56 Å². The number of hydrogen-bond donors (Lipinski definition) is 1. The minimum absolute atomic E-state index is 0.0551. The summed E-state index contributed by atoms with van der Waals surface area (Å²) < 4.78 is 19.7. The number of hydrogen-bond acceptors (Lipinski definition) is 7. The molecule has 4 rings (SSSR count). The van der Waals surface area contributed by atoms with Gasteiger partial charge in [-0.2, -0.15) is 5.10 Å². The molecule has 0 atom stereocenters. The zero-order chi connectivity index (χ0) is 25.1. The Morgan fingerprint density at radius 1 is 0.971 bits per heavy atom. The van der Waals surface area contributed by atoms with Gasteiger partial charge in [-0.25, -0.2) is 4.79 Å². The number of benzene rings is 2. The second kappa shape index (κ2) is 9.75. The Morgan fingerprint density at radius 3 is 2.23 bits per heavy atom. The largest absolute Gasteiger partial charge is 0.493 e. The molecular formula is C24H25N5O6. The second-order valence-electron chi connectivity index (χ2n) is 7.74. The molecule has 0 aliphatic heterocycles. The number of anilines is 1. The van der Waals surface area contributed by atoms with Crippen molar-refractivity contribution in [1.29, 1.82) is 0 Å². The van der Waals surface area contributed by atoms with Gasteiger partial charge in [-0.3, -0.25) is 23.4 Å². The Balaban J connectivity index is 1.72. The van der Waals surface area contributed by atoms with Gasteiger partial charge in [0.05, 0.1) is 33.4 Å². The molecule has 2 heterocycles. The van der Waals surface area contributed by atoms with Crippen LogP contribution in [0.2, 0.25) is 0 Å². The fourth-order valence-electron chi connectivity index (χ4n) is 3.84. The van der Waals surface area contributed by atoms with Gasteiger partial charge >= 0.3 is 5.69 Å². The lowest BCUT2D eigenvalue weighted by atomic mass is 10.2. The molecular weight excluding hydrogens is 454 g/mol. The minimum Gasteiger partial charge on any atom is -0.493 e. The van der Waals surface area contributed by atoms with Crippen LogP contribution >= 0.6 is 0 Å². The minimum atomic E-state index is -0.612.